The number of quaternary nitrogens is 1. The van der Waals surface area contributed by atoms with Crippen LogP contribution in [-0.4, -0.2) is 10.5 Å². The molecule has 0 saturated heterocycles. The molecule has 4 saturated carbocycles. The molecule has 4 nitrogen and oxygen atoms in total. The molecule has 1 aromatic rings. The molecule has 4 aliphatic rings. The number of nitro benzene ring substituents is 1. The highest BCUT2D eigenvalue weighted by Crippen LogP contribution is 2.54. The first-order valence-electron chi connectivity index (χ1n) is 8.20. The maximum absolute atomic E-state index is 10.9. The van der Waals surface area contributed by atoms with Crippen molar-refractivity contribution in [3.05, 3.63) is 39.9 Å². The lowest BCUT2D eigenvalue weighted by atomic mass is 9.53. The van der Waals surface area contributed by atoms with E-state index in [-0.39, 0.29) is 10.6 Å². The summed E-state index contributed by atoms with van der Waals surface area (Å²) in [6.07, 6.45) is 8.49. The van der Waals surface area contributed by atoms with Crippen LogP contribution in [0, 0.1) is 27.9 Å². The molecule has 112 valence electrons. The zero-order valence-electron chi connectivity index (χ0n) is 12.3. The van der Waals surface area contributed by atoms with E-state index in [9.17, 15) is 10.1 Å². The van der Waals surface area contributed by atoms with E-state index in [0.29, 0.717) is 5.54 Å². The van der Waals surface area contributed by atoms with Crippen LogP contribution in [0.5, 0.6) is 0 Å². The van der Waals surface area contributed by atoms with Crippen LogP contribution >= 0.6 is 0 Å². The molecule has 4 heteroatoms. The molecule has 4 bridgehead atoms. The highest BCUT2D eigenvalue weighted by Gasteiger charge is 2.53. The quantitative estimate of drug-likeness (QED) is 0.683. The average Bonchev–Trinajstić information content (AvgIpc) is 2.44. The number of hydrogen-bond acceptors (Lipinski definition) is 2. The average molecular weight is 287 g/mol. The van der Waals surface area contributed by atoms with E-state index >= 15 is 0 Å². The Labute approximate surface area is 125 Å². The van der Waals surface area contributed by atoms with E-state index in [4.69, 9.17) is 0 Å². The molecule has 0 amide bonds. The zero-order chi connectivity index (χ0) is 14.4. The lowest BCUT2D eigenvalue weighted by molar-refractivity contribution is -0.752. The Bertz CT molecular complexity index is 534. The van der Waals surface area contributed by atoms with Crippen molar-refractivity contribution in [1.82, 2.24) is 0 Å². The maximum atomic E-state index is 10.9. The standard InChI is InChI=1S/C17H22N2O2/c20-19(21)16-3-1-2-12(7-16)11-18-17-8-13-4-14(9-17)6-15(5-13)10-17/h1-3,7,13-15,18H,4-6,8-11H2/p+1. The van der Waals surface area contributed by atoms with Crippen molar-refractivity contribution in [2.24, 2.45) is 17.8 Å². The predicted molar refractivity (Wildman–Crippen MR) is 79.6 cm³/mol. The molecule has 0 atom stereocenters. The van der Waals surface area contributed by atoms with Gasteiger partial charge in [0.25, 0.3) is 5.69 Å². The highest BCUT2D eigenvalue weighted by atomic mass is 16.6. The van der Waals surface area contributed by atoms with Crippen LogP contribution in [0.15, 0.2) is 24.3 Å². The first kappa shape index (κ1) is 13.3. The van der Waals surface area contributed by atoms with Gasteiger partial charge in [-0.2, -0.15) is 0 Å². The fourth-order valence-corrected chi connectivity index (χ4v) is 5.56. The number of nitrogens with two attached hydrogens (primary N) is 1. The number of nitro groups is 1. The Morgan fingerprint density at radius 2 is 1.76 bits per heavy atom. The second-order valence-corrected chi connectivity index (χ2v) is 7.62. The van der Waals surface area contributed by atoms with Gasteiger partial charge in [-0.25, -0.2) is 0 Å². The van der Waals surface area contributed by atoms with E-state index in [1.165, 1.54) is 38.5 Å². The third-order valence-electron chi connectivity index (χ3n) is 5.98. The minimum Gasteiger partial charge on any atom is -0.338 e. The molecule has 0 radical (unpaired) electrons. The molecule has 0 unspecified atom stereocenters. The summed E-state index contributed by atoms with van der Waals surface area (Å²) in [5, 5.41) is 13.4. The van der Waals surface area contributed by atoms with Crippen LogP contribution in [0.4, 0.5) is 5.69 Å². The van der Waals surface area contributed by atoms with Crippen LogP contribution in [0.1, 0.15) is 44.1 Å². The van der Waals surface area contributed by atoms with Crippen LogP contribution < -0.4 is 5.32 Å². The summed E-state index contributed by atoms with van der Waals surface area (Å²) in [5.41, 5.74) is 1.74. The molecule has 5 rings (SSSR count). The van der Waals surface area contributed by atoms with E-state index in [2.05, 4.69) is 5.32 Å². The summed E-state index contributed by atoms with van der Waals surface area (Å²) in [6.45, 7) is 0.883. The molecule has 4 fully saturated rings. The van der Waals surface area contributed by atoms with Gasteiger partial charge in [-0.05, 0) is 37.0 Å². The van der Waals surface area contributed by atoms with Gasteiger partial charge in [0.15, 0.2) is 0 Å². The largest absolute Gasteiger partial charge is 0.338 e. The summed E-state index contributed by atoms with van der Waals surface area (Å²) >= 11 is 0. The summed E-state index contributed by atoms with van der Waals surface area (Å²) in [4.78, 5) is 10.6. The Kier molecular flexibility index (Phi) is 3.03. The highest BCUT2D eigenvalue weighted by molar-refractivity contribution is 5.33. The Balaban J connectivity index is 1.47. The molecule has 2 N–H and O–H groups in total. The van der Waals surface area contributed by atoms with Gasteiger partial charge in [0.05, 0.1) is 10.5 Å². The topological polar surface area (TPSA) is 59.8 Å². The number of nitrogens with zero attached hydrogens (tertiary/aromatic N) is 1. The van der Waals surface area contributed by atoms with Crippen LogP contribution in [0.3, 0.4) is 0 Å². The van der Waals surface area contributed by atoms with Crippen molar-refractivity contribution < 1.29 is 10.2 Å². The van der Waals surface area contributed by atoms with Gasteiger partial charge in [-0.1, -0.05) is 12.1 Å². The van der Waals surface area contributed by atoms with E-state index in [1.807, 2.05) is 6.07 Å². The summed E-state index contributed by atoms with van der Waals surface area (Å²) in [5.74, 6) is 2.87. The van der Waals surface area contributed by atoms with Gasteiger partial charge < -0.3 is 5.32 Å². The second kappa shape index (κ2) is 4.80. The molecule has 21 heavy (non-hydrogen) atoms. The Morgan fingerprint density at radius 1 is 1.14 bits per heavy atom. The Hall–Kier alpha value is -1.42. The van der Waals surface area contributed by atoms with Crippen molar-refractivity contribution in [1.29, 1.82) is 0 Å². The molecular weight excluding hydrogens is 264 g/mol. The first-order valence-corrected chi connectivity index (χ1v) is 8.20. The summed E-state index contributed by atoms with van der Waals surface area (Å²) < 4.78 is 0. The van der Waals surface area contributed by atoms with Gasteiger partial charge in [0.1, 0.15) is 6.54 Å². The lowest BCUT2D eigenvalue weighted by Crippen LogP contribution is -2.97. The monoisotopic (exact) mass is 287 g/mol. The smallest absolute Gasteiger partial charge is 0.269 e. The number of hydrogen-bond donors (Lipinski definition) is 1. The van der Waals surface area contributed by atoms with Gasteiger partial charge in [-0.3, -0.25) is 10.1 Å². The number of non-ortho nitro benzene ring substituents is 1. The van der Waals surface area contributed by atoms with Gasteiger partial charge in [-0.15, -0.1) is 0 Å². The fourth-order valence-electron chi connectivity index (χ4n) is 5.56. The van der Waals surface area contributed by atoms with E-state index < -0.39 is 0 Å². The van der Waals surface area contributed by atoms with Crippen molar-refractivity contribution in [3.63, 3.8) is 0 Å². The molecule has 0 aliphatic heterocycles. The summed E-state index contributed by atoms with van der Waals surface area (Å²) in [7, 11) is 0. The second-order valence-electron chi connectivity index (χ2n) is 7.62. The molecule has 0 spiro atoms. The minimum absolute atomic E-state index is 0.214. The fraction of sp³-hybridized carbons (Fsp3) is 0.647. The van der Waals surface area contributed by atoms with Crippen molar-refractivity contribution in [3.8, 4) is 0 Å². The zero-order valence-corrected chi connectivity index (χ0v) is 12.3. The summed E-state index contributed by atoms with van der Waals surface area (Å²) in [6, 6.07) is 7.14. The van der Waals surface area contributed by atoms with Crippen molar-refractivity contribution >= 4 is 5.69 Å². The third-order valence-corrected chi connectivity index (χ3v) is 5.98. The number of benzene rings is 1. The van der Waals surface area contributed by atoms with Gasteiger partial charge in [0, 0.05) is 37.0 Å². The molecule has 0 aromatic heterocycles. The van der Waals surface area contributed by atoms with E-state index in [0.717, 1.165) is 29.9 Å². The van der Waals surface area contributed by atoms with Crippen molar-refractivity contribution in [2.75, 3.05) is 0 Å². The minimum atomic E-state index is -0.297. The van der Waals surface area contributed by atoms with Gasteiger partial charge in [0.2, 0.25) is 0 Å². The first-order chi connectivity index (χ1) is 10.1. The number of rotatable bonds is 4. The van der Waals surface area contributed by atoms with Crippen LogP contribution in [0.2, 0.25) is 0 Å². The van der Waals surface area contributed by atoms with E-state index in [1.54, 1.807) is 18.2 Å². The van der Waals surface area contributed by atoms with Gasteiger partial charge >= 0.3 is 0 Å². The van der Waals surface area contributed by atoms with Crippen LogP contribution in [-0.2, 0) is 6.54 Å². The Morgan fingerprint density at radius 3 is 2.33 bits per heavy atom. The molecule has 1 aromatic carbocycles. The lowest BCUT2D eigenvalue weighted by Gasteiger charge is -2.54. The third kappa shape index (κ3) is 2.46. The molecule has 4 aliphatic carbocycles. The molecular formula is C17H23N2O2+. The van der Waals surface area contributed by atoms with Crippen LogP contribution in [0.25, 0.3) is 0 Å². The molecule has 0 heterocycles. The predicted octanol–water partition coefficient (Wildman–Crippen LogP) is 2.63. The van der Waals surface area contributed by atoms with Crippen molar-refractivity contribution in [2.45, 2.75) is 50.6 Å². The SMILES string of the molecule is O=[N+]([O-])c1cccc(C[NH2+]C23CC4CC(CC(C4)C2)C3)c1. The maximum Gasteiger partial charge on any atom is 0.269 e. The normalized spacial score (nSPS) is 36.9.